The highest BCUT2D eigenvalue weighted by Crippen LogP contribution is 2.47. The molecule has 9 nitrogen and oxygen atoms in total. The number of hydrogen-bond acceptors (Lipinski definition) is 8. The maximum atomic E-state index is 14.0. The van der Waals surface area contributed by atoms with Gasteiger partial charge in [-0.1, -0.05) is 18.3 Å². The Morgan fingerprint density at radius 2 is 1.97 bits per heavy atom. The van der Waals surface area contributed by atoms with E-state index >= 15 is 0 Å². The molecule has 168 valence electrons. The van der Waals surface area contributed by atoms with Gasteiger partial charge in [-0.15, -0.1) is 4.80 Å². The van der Waals surface area contributed by atoms with Crippen molar-refractivity contribution in [2.75, 3.05) is 11.9 Å². The van der Waals surface area contributed by atoms with Crippen molar-refractivity contribution in [1.82, 2.24) is 34.8 Å². The molecule has 7 rings (SSSR count). The summed E-state index contributed by atoms with van der Waals surface area (Å²) in [5, 5.41) is 12.8. The van der Waals surface area contributed by atoms with Crippen LogP contribution in [0.1, 0.15) is 35.9 Å². The lowest BCUT2D eigenvalue weighted by molar-refractivity contribution is -0.0505. The zero-order valence-electron chi connectivity index (χ0n) is 18.4. The summed E-state index contributed by atoms with van der Waals surface area (Å²) in [6.07, 6.45) is 7.09. The Morgan fingerprint density at radius 3 is 2.76 bits per heavy atom. The first-order valence-electron chi connectivity index (χ1n) is 11.2. The van der Waals surface area contributed by atoms with Crippen LogP contribution in [-0.4, -0.2) is 59.4 Å². The van der Waals surface area contributed by atoms with Gasteiger partial charge in [0.1, 0.15) is 16.0 Å². The Labute approximate surface area is 194 Å². The number of amides is 1. The number of nitrogens with one attached hydrogen (secondary N) is 1. The van der Waals surface area contributed by atoms with Gasteiger partial charge in [0.05, 0.1) is 18.4 Å². The second-order valence-corrected chi connectivity index (χ2v) is 9.87. The number of anilines is 1. The van der Waals surface area contributed by atoms with Crippen molar-refractivity contribution in [3.8, 4) is 5.69 Å². The van der Waals surface area contributed by atoms with E-state index in [2.05, 4.69) is 42.3 Å². The van der Waals surface area contributed by atoms with Gasteiger partial charge in [-0.3, -0.25) is 4.79 Å². The highest BCUT2D eigenvalue weighted by molar-refractivity contribution is 7.21. The Balaban J connectivity index is 1.31. The van der Waals surface area contributed by atoms with Gasteiger partial charge in [-0.05, 0) is 55.9 Å². The van der Waals surface area contributed by atoms with E-state index in [1.165, 1.54) is 16.1 Å². The molecule has 0 aromatic carbocycles. The number of thiazole rings is 1. The normalized spacial score (nSPS) is 24.0. The number of piperidine rings is 2. The molecule has 2 bridgehead atoms. The predicted molar refractivity (Wildman–Crippen MR) is 125 cm³/mol. The smallest absolute Gasteiger partial charge is 0.275 e. The summed E-state index contributed by atoms with van der Waals surface area (Å²) in [6.45, 7) is 4.79. The number of rotatable bonds is 5. The number of aryl methyl sites for hydroxylation is 1. The largest absolute Gasteiger partial charge is 0.359 e. The molecule has 3 fully saturated rings. The molecule has 4 aromatic rings. The Morgan fingerprint density at radius 1 is 1.15 bits per heavy atom. The van der Waals surface area contributed by atoms with E-state index in [-0.39, 0.29) is 18.0 Å². The molecule has 1 aliphatic carbocycles. The van der Waals surface area contributed by atoms with Gasteiger partial charge < -0.3 is 10.2 Å². The van der Waals surface area contributed by atoms with Crippen LogP contribution in [0, 0.1) is 18.8 Å². The maximum Gasteiger partial charge on any atom is 0.275 e. The number of pyridine rings is 2. The van der Waals surface area contributed by atoms with E-state index in [9.17, 15) is 4.79 Å². The highest BCUT2D eigenvalue weighted by Gasteiger charge is 2.51. The standard InChI is InChI=1S/C23H24N8OS/c1-13-5-6-18(31-26-8-9-27-31)20(28-13)22(32)30-16-10-15(11-16)14(2)19(30)12-25-23-29-17-4-3-7-24-21(17)33-23/h3-9,14-16,19H,10-12H2,1-2H3,(H,25,29). The maximum absolute atomic E-state index is 14.0. The summed E-state index contributed by atoms with van der Waals surface area (Å²) in [5.41, 5.74) is 2.69. The van der Waals surface area contributed by atoms with Crippen LogP contribution in [0.25, 0.3) is 16.0 Å². The average Bonchev–Trinajstić information content (AvgIpc) is 3.46. The fourth-order valence-corrected chi connectivity index (χ4v) is 5.91. The zero-order chi connectivity index (χ0) is 22.5. The Hall–Kier alpha value is -3.40. The molecule has 2 aliphatic heterocycles. The summed E-state index contributed by atoms with van der Waals surface area (Å²) in [5.74, 6) is 0.981. The molecule has 1 N–H and O–H groups in total. The van der Waals surface area contributed by atoms with Crippen molar-refractivity contribution in [3.63, 3.8) is 0 Å². The van der Waals surface area contributed by atoms with Crippen LogP contribution < -0.4 is 5.32 Å². The van der Waals surface area contributed by atoms with Crippen LogP contribution in [0.4, 0.5) is 5.13 Å². The summed E-state index contributed by atoms with van der Waals surface area (Å²) in [4.78, 5) is 32.1. The van der Waals surface area contributed by atoms with Crippen molar-refractivity contribution < 1.29 is 4.79 Å². The first kappa shape index (κ1) is 20.2. The third-order valence-electron chi connectivity index (χ3n) is 6.96. The topological polar surface area (TPSA) is 102 Å². The Kier molecular flexibility index (Phi) is 4.83. The van der Waals surface area contributed by atoms with Crippen molar-refractivity contribution >= 4 is 32.7 Å². The summed E-state index contributed by atoms with van der Waals surface area (Å²) >= 11 is 1.54. The molecule has 0 spiro atoms. The van der Waals surface area contributed by atoms with Gasteiger partial charge in [0.2, 0.25) is 0 Å². The van der Waals surface area contributed by atoms with Crippen molar-refractivity contribution in [2.45, 2.75) is 38.8 Å². The molecule has 2 unspecified atom stereocenters. The van der Waals surface area contributed by atoms with Gasteiger partial charge in [0.15, 0.2) is 10.8 Å². The Bertz CT molecular complexity index is 1280. The van der Waals surface area contributed by atoms with Crippen LogP contribution in [0.5, 0.6) is 0 Å². The lowest BCUT2D eigenvalue weighted by atomic mass is 9.64. The number of nitrogens with zero attached hydrogens (tertiary/aromatic N) is 7. The fourth-order valence-electron chi connectivity index (χ4n) is 5.09. The number of fused-ring (bicyclic) bond motifs is 3. The molecule has 4 aromatic heterocycles. The lowest BCUT2D eigenvalue weighted by Gasteiger charge is -2.57. The molecule has 10 heteroatoms. The van der Waals surface area contributed by atoms with Crippen LogP contribution in [0.2, 0.25) is 0 Å². The van der Waals surface area contributed by atoms with Gasteiger partial charge in [0, 0.05) is 24.5 Å². The van der Waals surface area contributed by atoms with Crippen LogP contribution >= 0.6 is 11.3 Å². The van der Waals surface area contributed by atoms with E-state index in [1.807, 2.05) is 31.2 Å². The van der Waals surface area contributed by atoms with E-state index in [4.69, 9.17) is 0 Å². The highest BCUT2D eigenvalue weighted by atomic mass is 32.1. The van der Waals surface area contributed by atoms with Crippen molar-refractivity contribution in [2.24, 2.45) is 11.8 Å². The summed E-state index contributed by atoms with van der Waals surface area (Å²) in [6, 6.07) is 7.90. The third-order valence-corrected chi connectivity index (χ3v) is 7.90. The molecule has 2 saturated heterocycles. The quantitative estimate of drug-likeness (QED) is 0.487. The van der Waals surface area contributed by atoms with Gasteiger partial charge in [0.25, 0.3) is 5.91 Å². The van der Waals surface area contributed by atoms with Crippen molar-refractivity contribution in [3.05, 3.63) is 54.2 Å². The van der Waals surface area contributed by atoms with Crippen LogP contribution in [-0.2, 0) is 0 Å². The number of hydrogen-bond donors (Lipinski definition) is 1. The summed E-state index contributed by atoms with van der Waals surface area (Å²) < 4.78 is 0. The van der Waals surface area contributed by atoms with Gasteiger partial charge in [-0.2, -0.15) is 10.2 Å². The van der Waals surface area contributed by atoms with Crippen molar-refractivity contribution in [1.29, 1.82) is 0 Å². The fraction of sp³-hybridized carbons (Fsp3) is 0.391. The molecule has 3 aliphatic rings. The number of carbonyl (C=O) groups excluding carboxylic acids is 1. The predicted octanol–water partition coefficient (Wildman–Crippen LogP) is 3.33. The SMILES string of the molecule is Cc1ccc(-n2nccn2)c(C(=O)N2C3CC(C3)C(C)C2CNc2nc3cccnc3s2)n1. The van der Waals surface area contributed by atoms with Gasteiger partial charge >= 0.3 is 0 Å². The molecular weight excluding hydrogens is 436 g/mol. The molecule has 1 saturated carbocycles. The first-order chi connectivity index (χ1) is 16.1. The summed E-state index contributed by atoms with van der Waals surface area (Å²) in [7, 11) is 0. The monoisotopic (exact) mass is 460 g/mol. The number of carbonyl (C=O) groups is 1. The minimum Gasteiger partial charge on any atom is -0.359 e. The van der Waals surface area contributed by atoms with E-state index in [1.54, 1.807) is 18.6 Å². The minimum absolute atomic E-state index is 0.0516. The molecule has 1 amide bonds. The second-order valence-electron chi connectivity index (χ2n) is 8.89. The second kappa shape index (κ2) is 7.87. The molecule has 33 heavy (non-hydrogen) atoms. The average molecular weight is 461 g/mol. The first-order valence-corrected chi connectivity index (χ1v) is 12.0. The van der Waals surface area contributed by atoms with Gasteiger partial charge in [-0.25, -0.2) is 15.0 Å². The minimum atomic E-state index is -0.0567. The zero-order valence-corrected chi connectivity index (χ0v) is 19.2. The van der Waals surface area contributed by atoms with E-state index in [0.717, 1.165) is 34.0 Å². The third kappa shape index (κ3) is 3.45. The molecule has 0 radical (unpaired) electrons. The van der Waals surface area contributed by atoms with Crippen LogP contribution in [0.3, 0.4) is 0 Å². The van der Waals surface area contributed by atoms with E-state index in [0.29, 0.717) is 29.8 Å². The molecule has 6 heterocycles. The number of aromatic nitrogens is 6. The van der Waals surface area contributed by atoms with E-state index < -0.39 is 0 Å². The molecular formula is C23H24N8OS. The molecule has 2 atom stereocenters. The van der Waals surface area contributed by atoms with Crippen LogP contribution in [0.15, 0.2) is 42.9 Å². The lowest BCUT2D eigenvalue weighted by Crippen LogP contribution is -2.64.